The number of carbonyl (C=O) groups excluding carboxylic acids is 1. The van der Waals surface area contributed by atoms with Crippen molar-refractivity contribution in [2.24, 2.45) is 0 Å². The number of rotatable bonds is 2. The summed E-state index contributed by atoms with van der Waals surface area (Å²) < 4.78 is 6.15. The predicted molar refractivity (Wildman–Crippen MR) is 58.7 cm³/mol. The Morgan fingerprint density at radius 3 is 3.00 bits per heavy atom. The van der Waals surface area contributed by atoms with E-state index in [9.17, 15) is 4.79 Å². The first-order chi connectivity index (χ1) is 7.63. The monoisotopic (exact) mass is 220 g/mol. The van der Waals surface area contributed by atoms with Crippen molar-refractivity contribution < 1.29 is 9.53 Å². The van der Waals surface area contributed by atoms with E-state index < -0.39 is 6.04 Å². The highest BCUT2D eigenvalue weighted by atomic mass is 16.5. The van der Waals surface area contributed by atoms with Crippen LogP contribution in [0.5, 0.6) is 0 Å². The van der Waals surface area contributed by atoms with Gasteiger partial charge in [0.15, 0.2) is 0 Å². The fourth-order valence-electron chi connectivity index (χ4n) is 1.51. The number of methoxy groups -OCH3 is 1. The number of nitrogens with zero attached hydrogens (tertiary/aromatic N) is 3. The number of nitrogen functional groups attached to an aromatic ring is 1. The molecular formula is C10H12N4O2. The molecule has 2 aromatic rings. The Hall–Kier alpha value is -2.11. The molecule has 0 amide bonds. The van der Waals surface area contributed by atoms with Gasteiger partial charge in [0.05, 0.1) is 12.6 Å². The highest BCUT2D eigenvalue weighted by Gasteiger charge is 2.19. The van der Waals surface area contributed by atoms with Gasteiger partial charge in [-0.2, -0.15) is 0 Å². The van der Waals surface area contributed by atoms with Gasteiger partial charge in [0.25, 0.3) is 0 Å². The third-order valence-corrected chi connectivity index (χ3v) is 2.40. The molecule has 0 radical (unpaired) electrons. The lowest BCUT2D eigenvalue weighted by molar-refractivity contribution is -0.144. The highest BCUT2D eigenvalue weighted by molar-refractivity contribution is 5.81. The Balaban J connectivity index is 2.52. The van der Waals surface area contributed by atoms with Gasteiger partial charge in [0.1, 0.15) is 11.6 Å². The van der Waals surface area contributed by atoms with Crippen LogP contribution >= 0.6 is 0 Å². The summed E-state index contributed by atoms with van der Waals surface area (Å²) in [5.74, 6) is -0.366. The van der Waals surface area contributed by atoms with Crippen LogP contribution in [0.2, 0.25) is 0 Å². The Bertz CT molecular complexity index is 535. The summed E-state index contributed by atoms with van der Waals surface area (Å²) in [6.45, 7) is 1.70. The molecule has 16 heavy (non-hydrogen) atoms. The minimum absolute atomic E-state index is 0.366. The van der Waals surface area contributed by atoms with Crippen LogP contribution in [0.25, 0.3) is 11.0 Å². The maximum atomic E-state index is 11.4. The summed E-state index contributed by atoms with van der Waals surface area (Å²) in [6, 6.07) is 4.72. The van der Waals surface area contributed by atoms with Crippen LogP contribution in [-0.2, 0) is 9.53 Å². The van der Waals surface area contributed by atoms with E-state index in [4.69, 9.17) is 5.73 Å². The van der Waals surface area contributed by atoms with Crippen molar-refractivity contribution in [2.45, 2.75) is 13.0 Å². The van der Waals surface area contributed by atoms with Crippen molar-refractivity contribution in [2.75, 3.05) is 12.8 Å². The van der Waals surface area contributed by atoms with Crippen molar-refractivity contribution >= 4 is 22.7 Å². The Morgan fingerprint density at radius 2 is 2.31 bits per heavy atom. The van der Waals surface area contributed by atoms with E-state index in [0.717, 1.165) is 5.52 Å². The number of ether oxygens (including phenoxy) is 1. The van der Waals surface area contributed by atoms with Crippen LogP contribution in [0.15, 0.2) is 18.2 Å². The van der Waals surface area contributed by atoms with Crippen molar-refractivity contribution in [3.8, 4) is 0 Å². The number of anilines is 1. The van der Waals surface area contributed by atoms with Crippen LogP contribution < -0.4 is 5.73 Å². The lowest BCUT2D eigenvalue weighted by Crippen LogP contribution is -2.18. The molecule has 84 valence electrons. The number of fused-ring (bicyclic) bond motifs is 1. The van der Waals surface area contributed by atoms with E-state index in [0.29, 0.717) is 11.2 Å². The van der Waals surface area contributed by atoms with Crippen LogP contribution in [0.3, 0.4) is 0 Å². The molecule has 0 fully saturated rings. The number of benzene rings is 1. The molecule has 0 saturated carbocycles. The topological polar surface area (TPSA) is 83.0 Å². The van der Waals surface area contributed by atoms with Crippen molar-refractivity contribution in [1.29, 1.82) is 0 Å². The van der Waals surface area contributed by atoms with Crippen LogP contribution in [0.4, 0.5) is 5.69 Å². The Labute approximate surface area is 92.0 Å². The minimum Gasteiger partial charge on any atom is -0.467 e. The van der Waals surface area contributed by atoms with Gasteiger partial charge in [-0.15, -0.1) is 5.10 Å². The number of hydrogen-bond acceptors (Lipinski definition) is 5. The second-order valence-corrected chi connectivity index (χ2v) is 3.48. The molecule has 0 aliphatic carbocycles. The summed E-state index contributed by atoms with van der Waals surface area (Å²) in [5, 5.41) is 7.86. The number of aromatic nitrogens is 3. The van der Waals surface area contributed by atoms with Gasteiger partial charge in [0, 0.05) is 5.69 Å². The van der Waals surface area contributed by atoms with Crippen molar-refractivity contribution in [1.82, 2.24) is 15.0 Å². The third-order valence-electron chi connectivity index (χ3n) is 2.40. The highest BCUT2D eigenvalue weighted by Crippen LogP contribution is 2.18. The second-order valence-electron chi connectivity index (χ2n) is 3.48. The first-order valence-electron chi connectivity index (χ1n) is 4.81. The summed E-state index contributed by atoms with van der Waals surface area (Å²) in [6.07, 6.45) is 0. The summed E-state index contributed by atoms with van der Waals surface area (Å²) in [4.78, 5) is 11.4. The molecule has 2 rings (SSSR count). The molecule has 0 bridgehead atoms. The lowest BCUT2D eigenvalue weighted by atomic mass is 10.2. The van der Waals surface area contributed by atoms with E-state index in [-0.39, 0.29) is 5.97 Å². The van der Waals surface area contributed by atoms with E-state index in [2.05, 4.69) is 15.0 Å². The van der Waals surface area contributed by atoms with Gasteiger partial charge in [0.2, 0.25) is 0 Å². The lowest BCUT2D eigenvalue weighted by Gasteiger charge is -2.09. The number of esters is 1. The maximum absolute atomic E-state index is 11.4. The van der Waals surface area contributed by atoms with Gasteiger partial charge in [-0.1, -0.05) is 5.21 Å². The molecule has 0 aliphatic rings. The van der Waals surface area contributed by atoms with E-state index in [1.165, 1.54) is 11.8 Å². The van der Waals surface area contributed by atoms with Crippen molar-refractivity contribution in [3.63, 3.8) is 0 Å². The molecule has 0 saturated heterocycles. The van der Waals surface area contributed by atoms with Gasteiger partial charge in [-0.05, 0) is 25.1 Å². The van der Waals surface area contributed by atoms with Crippen molar-refractivity contribution in [3.05, 3.63) is 18.2 Å². The van der Waals surface area contributed by atoms with Gasteiger partial charge < -0.3 is 10.5 Å². The van der Waals surface area contributed by atoms with Crippen LogP contribution in [-0.4, -0.2) is 28.1 Å². The first kappa shape index (κ1) is 10.4. The average Bonchev–Trinajstić information content (AvgIpc) is 2.69. The Kier molecular flexibility index (Phi) is 2.47. The molecule has 0 unspecified atom stereocenters. The summed E-state index contributed by atoms with van der Waals surface area (Å²) in [7, 11) is 1.34. The molecule has 1 heterocycles. The van der Waals surface area contributed by atoms with E-state index in [1.54, 1.807) is 25.1 Å². The summed E-state index contributed by atoms with van der Waals surface area (Å²) >= 11 is 0. The average molecular weight is 220 g/mol. The zero-order valence-corrected chi connectivity index (χ0v) is 9.04. The number of hydrogen-bond donors (Lipinski definition) is 1. The normalized spacial score (nSPS) is 12.6. The van der Waals surface area contributed by atoms with Gasteiger partial charge >= 0.3 is 5.97 Å². The zero-order chi connectivity index (χ0) is 11.7. The third kappa shape index (κ3) is 1.58. The Morgan fingerprint density at radius 1 is 1.56 bits per heavy atom. The second kappa shape index (κ2) is 3.80. The number of carbonyl (C=O) groups is 1. The molecule has 0 spiro atoms. The molecule has 1 atom stereocenters. The fraction of sp³-hybridized carbons (Fsp3) is 0.300. The molecule has 6 heteroatoms. The molecule has 1 aromatic heterocycles. The summed E-state index contributed by atoms with van der Waals surface area (Å²) in [5.41, 5.74) is 7.70. The quantitative estimate of drug-likeness (QED) is 0.596. The SMILES string of the molecule is COC(=O)[C@H](C)n1nnc2ccc(N)cc21. The van der Waals surface area contributed by atoms with Crippen LogP contribution in [0.1, 0.15) is 13.0 Å². The van der Waals surface area contributed by atoms with Gasteiger partial charge in [-0.3, -0.25) is 0 Å². The predicted octanol–water partition coefficient (Wildman–Crippen LogP) is 0.747. The molecule has 2 N–H and O–H groups in total. The largest absolute Gasteiger partial charge is 0.467 e. The first-order valence-corrected chi connectivity index (χ1v) is 4.81. The van der Waals surface area contributed by atoms with Crippen LogP contribution in [0, 0.1) is 0 Å². The maximum Gasteiger partial charge on any atom is 0.330 e. The van der Waals surface area contributed by atoms with E-state index >= 15 is 0 Å². The number of nitrogens with two attached hydrogens (primary N) is 1. The molecule has 6 nitrogen and oxygen atoms in total. The zero-order valence-electron chi connectivity index (χ0n) is 9.04. The molecule has 1 aromatic carbocycles. The smallest absolute Gasteiger partial charge is 0.330 e. The standard InChI is InChI=1S/C10H12N4O2/c1-6(10(15)16-2)14-9-5-7(11)3-4-8(9)12-13-14/h3-6H,11H2,1-2H3/t6-/m0/s1. The van der Waals surface area contributed by atoms with Gasteiger partial charge in [-0.25, -0.2) is 9.48 Å². The van der Waals surface area contributed by atoms with E-state index in [1.807, 2.05) is 0 Å². The molecular weight excluding hydrogens is 208 g/mol. The fourth-order valence-corrected chi connectivity index (χ4v) is 1.51. The minimum atomic E-state index is -0.517. The molecule has 0 aliphatic heterocycles.